The molecule has 1 amide bonds. The van der Waals surface area contributed by atoms with Crippen LogP contribution in [0.2, 0.25) is 0 Å². The molecule has 0 atom stereocenters. The third-order valence-electron chi connectivity index (χ3n) is 5.08. The number of nitrogens with zero attached hydrogens (tertiary/aromatic N) is 2. The fourth-order valence-corrected chi connectivity index (χ4v) is 3.57. The van der Waals surface area contributed by atoms with E-state index in [1.165, 1.54) is 11.1 Å². The lowest BCUT2D eigenvalue weighted by atomic mass is 10.1. The molecule has 1 saturated heterocycles. The SMILES string of the molecule is CCNC(=NCc1cccc(CN2CCCC2=O)c1)NCCCc1ccccc1.I. The first kappa shape index (κ1) is 24.2. The van der Waals surface area contributed by atoms with Gasteiger partial charge in [0, 0.05) is 32.6 Å². The fourth-order valence-electron chi connectivity index (χ4n) is 3.57. The van der Waals surface area contributed by atoms with Crippen LogP contribution in [0.3, 0.4) is 0 Å². The number of likely N-dealkylation sites (tertiary alicyclic amines) is 1. The zero-order valence-electron chi connectivity index (χ0n) is 17.8. The molecule has 0 saturated carbocycles. The lowest BCUT2D eigenvalue weighted by molar-refractivity contribution is -0.128. The number of rotatable bonds is 9. The Morgan fingerprint density at radius 2 is 1.80 bits per heavy atom. The van der Waals surface area contributed by atoms with Crippen molar-refractivity contribution in [2.45, 2.75) is 45.7 Å². The standard InChI is InChI=1S/C24H32N4O.HI/c1-2-25-24(26-15-7-13-20-9-4-3-5-10-20)27-18-21-11-6-12-22(17-21)19-28-16-8-14-23(28)29;/h3-6,9-12,17H,2,7-8,13-16,18-19H2,1H3,(H2,25,26,27);1H. The number of aliphatic imine (C=N–C) groups is 1. The molecule has 2 aromatic carbocycles. The van der Waals surface area contributed by atoms with Gasteiger partial charge >= 0.3 is 0 Å². The average Bonchev–Trinajstić information content (AvgIpc) is 3.15. The Morgan fingerprint density at radius 1 is 1.03 bits per heavy atom. The minimum atomic E-state index is 0. The number of aryl methyl sites for hydroxylation is 1. The topological polar surface area (TPSA) is 56.7 Å². The predicted octanol–water partition coefficient (Wildman–Crippen LogP) is 4.11. The molecule has 3 rings (SSSR count). The molecular weight excluding hydrogens is 487 g/mol. The van der Waals surface area contributed by atoms with Crippen molar-refractivity contribution in [3.05, 3.63) is 71.3 Å². The van der Waals surface area contributed by atoms with Crippen LogP contribution in [0.1, 0.15) is 42.9 Å². The number of halogens is 1. The number of carbonyl (C=O) groups is 1. The molecule has 2 N–H and O–H groups in total. The molecule has 1 heterocycles. The molecule has 1 aliphatic rings. The van der Waals surface area contributed by atoms with Gasteiger partial charge in [0.05, 0.1) is 6.54 Å². The summed E-state index contributed by atoms with van der Waals surface area (Å²) >= 11 is 0. The second-order valence-corrected chi connectivity index (χ2v) is 7.45. The Bertz CT molecular complexity index is 810. The lowest BCUT2D eigenvalue weighted by Gasteiger charge is -2.16. The fraction of sp³-hybridized carbons (Fsp3) is 0.417. The molecule has 0 radical (unpaired) electrons. The summed E-state index contributed by atoms with van der Waals surface area (Å²) in [6.07, 6.45) is 3.79. The van der Waals surface area contributed by atoms with Gasteiger partial charge in [-0.1, -0.05) is 54.6 Å². The summed E-state index contributed by atoms with van der Waals surface area (Å²) in [6, 6.07) is 19.0. The van der Waals surface area contributed by atoms with E-state index in [1.807, 2.05) is 4.90 Å². The second kappa shape index (κ2) is 13.3. The van der Waals surface area contributed by atoms with Gasteiger partial charge in [0.1, 0.15) is 0 Å². The number of nitrogens with one attached hydrogen (secondary N) is 2. The van der Waals surface area contributed by atoms with Gasteiger partial charge < -0.3 is 15.5 Å². The van der Waals surface area contributed by atoms with Gasteiger partial charge in [0.15, 0.2) is 5.96 Å². The number of hydrogen-bond donors (Lipinski definition) is 2. The van der Waals surface area contributed by atoms with Crippen LogP contribution in [0.5, 0.6) is 0 Å². The highest BCUT2D eigenvalue weighted by Gasteiger charge is 2.19. The summed E-state index contributed by atoms with van der Waals surface area (Å²) in [5.74, 6) is 1.11. The van der Waals surface area contributed by atoms with Gasteiger partial charge in [-0.05, 0) is 42.9 Å². The average molecular weight is 520 g/mol. The van der Waals surface area contributed by atoms with E-state index in [0.717, 1.165) is 50.4 Å². The van der Waals surface area contributed by atoms with Crippen molar-refractivity contribution in [2.75, 3.05) is 19.6 Å². The van der Waals surface area contributed by atoms with Crippen LogP contribution in [0, 0.1) is 0 Å². The lowest BCUT2D eigenvalue weighted by Crippen LogP contribution is -2.37. The van der Waals surface area contributed by atoms with Crippen molar-refractivity contribution in [3.63, 3.8) is 0 Å². The number of benzene rings is 2. The summed E-state index contributed by atoms with van der Waals surface area (Å²) in [5, 5.41) is 6.74. The molecule has 1 aliphatic heterocycles. The first-order valence-corrected chi connectivity index (χ1v) is 10.7. The van der Waals surface area contributed by atoms with Crippen LogP contribution >= 0.6 is 24.0 Å². The highest BCUT2D eigenvalue weighted by atomic mass is 127. The van der Waals surface area contributed by atoms with E-state index in [2.05, 4.69) is 72.2 Å². The number of hydrogen-bond acceptors (Lipinski definition) is 2. The van der Waals surface area contributed by atoms with Crippen LogP contribution in [-0.4, -0.2) is 36.4 Å². The van der Waals surface area contributed by atoms with Gasteiger partial charge in [-0.2, -0.15) is 0 Å². The van der Waals surface area contributed by atoms with E-state index in [1.54, 1.807) is 0 Å². The van der Waals surface area contributed by atoms with Crippen LogP contribution in [0.4, 0.5) is 0 Å². The van der Waals surface area contributed by atoms with Crippen molar-refractivity contribution >= 4 is 35.8 Å². The maximum absolute atomic E-state index is 11.9. The van der Waals surface area contributed by atoms with Gasteiger partial charge in [-0.15, -0.1) is 24.0 Å². The van der Waals surface area contributed by atoms with Gasteiger partial charge in [0.25, 0.3) is 0 Å². The predicted molar refractivity (Wildman–Crippen MR) is 134 cm³/mol. The minimum Gasteiger partial charge on any atom is -0.357 e. The zero-order valence-corrected chi connectivity index (χ0v) is 20.1. The molecule has 0 aliphatic carbocycles. The Hall–Kier alpha value is -2.09. The Kier molecular flexibility index (Phi) is 10.7. The molecule has 0 spiro atoms. The van der Waals surface area contributed by atoms with Crippen molar-refractivity contribution in [1.29, 1.82) is 0 Å². The quantitative estimate of drug-likeness (QED) is 0.227. The molecule has 0 aromatic heterocycles. The summed E-state index contributed by atoms with van der Waals surface area (Å²) < 4.78 is 0. The summed E-state index contributed by atoms with van der Waals surface area (Å²) in [6.45, 7) is 6.00. The largest absolute Gasteiger partial charge is 0.357 e. The van der Waals surface area contributed by atoms with Crippen LogP contribution in [0.15, 0.2) is 59.6 Å². The first-order chi connectivity index (χ1) is 14.2. The third-order valence-corrected chi connectivity index (χ3v) is 5.08. The van der Waals surface area contributed by atoms with Crippen LogP contribution in [0.25, 0.3) is 0 Å². The molecule has 30 heavy (non-hydrogen) atoms. The highest BCUT2D eigenvalue weighted by Crippen LogP contribution is 2.15. The minimum absolute atomic E-state index is 0. The normalized spacial score (nSPS) is 13.8. The van der Waals surface area contributed by atoms with Gasteiger partial charge in [0.2, 0.25) is 5.91 Å². The molecule has 6 heteroatoms. The van der Waals surface area contributed by atoms with Crippen LogP contribution < -0.4 is 10.6 Å². The van der Waals surface area contributed by atoms with Crippen molar-refractivity contribution in [2.24, 2.45) is 4.99 Å². The van der Waals surface area contributed by atoms with E-state index >= 15 is 0 Å². The summed E-state index contributed by atoms with van der Waals surface area (Å²) in [7, 11) is 0. The molecule has 2 aromatic rings. The summed E-state index contributed by atoms with van der Waals surface area (Å²) in [5.41, 5.74) is 3.70. The van der Waals surface area contributed by atoms with E-state index in [0.29, 0.717) is 19.5 Å². The number of guanidine groups is 1. The van der Waals surface area contributed by atoms with Crippen molar-refractivity contribution in [3.8, 4) is 0 Å². The monoisotopic (exact) mass is 520 g/mol. The number of amides is 1. The third kappa shape index (κ3) is 7.97. The molecule has 5 nitrogen and oxygen atoms in total. The van der Waals surface area contributed by atoms with E-state index < -0.39 is 0 Å². The summed E-state index contributed by atoms with van der Waals surface area (Å²) in [4.78, 5) is 18.5. The molecular formula is C24H33IN4O. The van der Waals surface area contributed by atoms with E-state index in [4.69, 9.17) is 4.99 Å². The molecule has 0 unspecified atom stereocenters. The Labute approximate surface area is 197 Å². The Morgan fingerprint density at radius 3 is 2.53 bits per heavy atom. The Balaban J connectivity index is 0.00000320. The molecule has 162 valence electrons. The maximum Gasteiger partial charge on any atom is 0.222 e. The van der Waals surface area contributed by atoms with Crippen molar-refractivity contribution < 1.29 is 4.79 Å². The highest BCUT2D eigenvalue weighted by molar-refractivity contribution is 14.0. The van der Waals surface area contributed by atoms with E-state index in [-0.39, 0.29) is 29.9 Å². The smallest absolute Gasteiger partial charge is 0.222 e. The molecule has 1 fully saturated rings. The van der Waals surface area contributed by atoms with E-state index in [9.17, 15) is 4.79 Å². The van der Waals surface area contributed by atoms with Crippen LogP contribution in [-0.2, 0) is 24.3 Å². The zero-order chi connectivity index (χ0) is 20.3. The van der Waals surface area contributed by atoms with Crippen molar-refractivity contribution in [1.82, 2.24) is 15.5 Å². The number of carbonyl (C=O) groups excluding carboxylic acids is 1. The first-order valence-electron chi connectivity index (χ1n) is 10.7. The second-order valence-electron chi connectivity index (χ2n) is 7.45. The van der Waals surface area contributed by atoms with Gasteiger partial charge in [-0.3, -0.25) is 4.79 Å². The maximum atomic E-state index is 11.9. The van der Waals surface area contributed by atoms with Gasteiger partial charge in [-0.25, -0.2) is 4.99 Å². The molecule has 0 bridgehead atoms.